The van der Waals surface area contributed by atoms with Crippen LogP contribution in [0, 0.1) is 11.8 Å². The van der Waals surface area contributed by atoms with Crippen LogP contribution < -0.4 is 10.2 Å². The zero-order chi connectivity index (χ0) is 27.2. The van der Waals surface area contributed by atoms with Gasteiger partial charge in [-0.2, -0.15) is 13.2 Å². The molecule has 0 bridgehead atoms. The van der Waals surface area contributed by atoms with E-state index in [-0.39, 0.29) is 17.7 Å². The van der Waals surface area contributed by atoms with Gasteiger partial charge in [-0.25, -0.2) is 0 Å². The second-order valence-corrected chi connectivity index (χ2v) is 10.8. The Hall–Kier alpha value is -2.25. The first-order valence-electron chi connectivity index (χ1n) is 13.2. The molecule has 0 spiro atoms. The summed E-state index contributed by atoms with van der Waals surface area (Å²) in [6.07, 6.45) is -2.95. The lowest BCUT2D eigenvalue weighted by atomic mass is 9.86. The Morgan fingerprint density at radius 3 is 2.24 bits per heavy atom. The zero-order valence-electron chi connectivity index (χ0n) is 22.2. The predicted molar refractivity (Wildman–Crippen MR) is 145 cm³/mol. The van der Waals surface area contributed by atoms with Crippen molar-refractivity contribution in [2.45, 2.75) is 52.6 Å². The fraction of sp³-hybridized carbons (Fsp3) is 0.552. The van der Waals surface area contributed by atoms with Gasteiger partial charge in [0.1, 0.15) is 0 Å². The number of nitrogens with zero attached hydrogens (tertiary/aromatic N) is 2. The van der Waals surface area contributed by atoms with E-state index >= 15 is 0 Å². The number of halogens is 4. The largest absolute Gasteiger partial charge is 0.416 e. The summed E-state index contributed by atoms with van der Waals surface area (Å²) in [5, 5.41) is 4.00. The summed E-state index contributed by atoms with van der Waals surface area (Å²) in [5.74, 6) is 0.295. The molecule has 37 heavy (non-hydrogen) atoms. The third-order valence-corrected chi connectivity index (χ3v) is 7.51. The van der Waals surface area contributed by atoms with Crippen LogP contribution in [0.1, 0.15) is 56.7 Å². The van der Waals surface area contributed by atoms with E-state index in [2.05, 4.69) is 31.0 Å². The van der Waals surface area contributed by atoms with E-state index in [1.807, 2.05) is 36.1 Å². The Balaban J connectivity index is 1.74. The van der Waals surface area contributed by atoms with Crippen LogP contribution in [0.5, 0.6) is 0 Å². The Kier molecular flexibility index (Phi) is 10.3. The quantitative estimate of drug-likeness (QED) is 0.370. The van der Waals surface area contributed by atoms with Gasteiger partial charge in [-0.3, -0.25) is 4.79 Å². The van der Waals surface area contributed by atoms with Gasteiger partial charge in [0.05, 0.1) is 11.5 Å². The molecule has 1 aliphatic heterocycles. The molecule has 0 saturated carbocycles. The fourth-order valence-corrected chi connectivity index (χ4v) is 5.02. The molecule has 3 rings (SSSR count). The minimum Gasteiger partial charge on any atom is -0.368 e. The van der Waals surface area contributed by atoms with Crippen molar-refractivity contribution in [1.29, 1.82) is 0 Å². The first-order chi connectivity index (χ1) is 17.5. The third kappa shape index (κ3) is 7.87. The number of nitrogens with one attached hydrogen (secondary N) is 1. The first kappa shape index (κ1) is 29.3. The Morgan fingerprint density at radius 2 is 1.68 bits per heavy atom. The fourth-order valence-electron chi connectivity index (χ4n) is 4.89. The maximum atomic E-state index is 13.6. The maximum absolute atomic E-state index is 13.6. The molecule has 1 N–H and O–H groups in total. The van der Waals surface area contributed by atoms with Gasteiger partial charge in [-0.15, -0.1) is 0 Å². The summed E-state index contributed by atoms with van der Waals surface area (Å²) in [7, 11) is 0. The van der Waals surface area contributed by atoms with Gasteiger partial charge in [0, 0.05) is 43.4 Å². The van der Waals surface area contributed by atoms with Gasteiger partial charge in [0.25, 0.3) is 0 Å². The Bertz CT molecular complexity index is 1020. The molecule has 1 fully saturated rings. The van der Waals surface area contributed by atoms with Gasteiger partial charge in [-0.05, 0) is 72.7 Å². The lowest BCUT2D eigenvalue weighted by Crippen LogP contribution is -2.52. The molecule has 2 unspecified atom stereocenters. The number of benzene rings is 2. The second-order valence-electron chi connectivity index (χ2n) is 10.3. The van der Waals surface area contributed by atoms with Crippen molar-refractivity contribution in [2.24, 2.45) is 11.8 Å². The number of carbonyl (C=O) groups excluding carboxylic acids is 1. The lowest BCUT2D eigenvalue weighted by molar-refractivity contribution is -0.138. The average molecular weight is 538 g/mol. The summed E-state index contributed by atoms with van der Waals surface area (Å²) in [6.45, 7) is 11.9. The van der Waals surface area contributed by atoms with Crippen molar-refractivity contribution in [3.63, 3.8) is 0 Å². The molecule has 2 aromatic rings. The highest BCUT2D eigenvalue weighted by Crippen LogP contribution is 2.34. The highest BCUT2D eigenvalue weighted by molar-refractivity contribution is 6.30. The minimum absolute atomic E-state index is 0.0133. The summed E-state index contributed by atoms with van der Waals surface area (Å²) >= 11 is 6.06. The number of alkyl halides is 3. The molecule has 204 valence electrons. The van der Waals surface area contributed by atoms with E-state index in [1.165, 1.54) is 12.1 Å². The highest BCUT2D eigenvalue weighted by atomic mass is 35.5. The van der Waals surface area contributed by atoms with Crippen LogP contribution in [0.4, 0.5) is 18.9 Å². The van der Waals surface area contributed by atoms with E-state index in [0.717, 1.165) is 29.8 Å². The standard InChI is InChI=1S/C29H39ClF3N3O/c1-5-34-19-26(21(4)22-8-11-25(30)12-9-22)28(37)36-16-14-35(15-17-36)27-13-10-24(29(31,32)33)18-23(27)7-6-20(2)3/h8-13,18,20-21,26,34H,5-7,14-17,19H2,1-4H3. The molecule has 1 heterocycles. The van der Waals surface area contributed by atoms with Crippen LogP contribution in [0.2, 0.25) is 5.02 Å². The van der Waals surface area contributed by atoms with Crippen molar-refractivity contribution in [2.75, 3.05) is 44.2 Å². The number of rotatable bonds is 10. The van der Waals surface area contributed by atoms with Crippen LogP contribution in [-0.4, -0.2) is 50.1 Å². The molecule has 1 saturated heterocycles. The molecule has 0 aliphatic carbocycles. The third-order valence-electron chi connectivity index (χ3n) is 7.26. The monoisotopic (exact) mass is 537 g/mol. The highest BCUT2D eigenvalue weighted by Gasteiger charge is 2.34. The zero-order valence-corrected chi connectivity index (χ0v) is 23.0. The molecular weight excluding hydrogens is 499 g/mol. The van der Waals surface area contributed by atoms with Crippen LogP contribution >= 0.6 is 11.6 Å². The number of piperazine rings is 1. The number of aryl methyl sites for hydroxylation is 1. The minimum atomic E-state index is -4.36. The van der Waals surface area contributed by atoms with E-state index in [9.17, 15) is 18.0 Å². The summed E-state index contributed by atoms with van der Waals surface area (Å²) in [4.78, 5) is 17.7. The van der Waals surface area contributed by atoms with E-state index in [1.54, 1.807) is 6.07 Å². The second kappa shape index (κ2) is 13.0. The smallest absolute Gasteiger partial charge is 0.368 e. The molecule has 1 aliphatic rings. The van der Waals surface area contributed by atoms with Gasteiger partial charge in [0.15, 0.2) is 0 Å². The van der Waals surface area contributed by atoms with Gasteiger partial charge >= 0.3 is 6.18 Å². The first-order valence-corrected chi connectivity index (χ1v) is 13.6. The number of hydrogen-bond acceptors (Lipinski definition) is 3. The molecule has 0 radical (unpaired) electrons. The molecule has 2 atom stereocenters. The topological polar surface area (TPSA) is 35.6 Å². The number of amides is 1. The summed E-state index contributed by atoms with van der Waals surface area (Å²) in [5.41, 5.74) is 2.04. The number of hydrogen-bond donors (Lipinski definition) is 1. The molecule has 8 heteroatoms. The van der Waals surface area contributed by atoms with E-state index < -0.39 is 11.7 Å². The van der Waals surface area contributed by atoms with Crippen molar-refractivity contribution >= 4 is 23.2 Å². The van der Waals surface area contributed by atoms with Crippen molar-refractivity contribution in [1.82, 2.24) is 10.2 Å². The Morgan fingerprint density at radius 1 is 1.03 bits per heavy atom. The van der Waals surface area contributed by atoms with Crippen LogP contribution in [0.25, 0.3) is 0 Å². The molecule has 0 aromatic heterocycles. The summed E-state index contributed by atoms with van der Waals surface area (Å²) < 4.78 is 40.1. The van der Waals surface area contributed by atoms with Gasteiger partial charge in [-0.1, -0.05) is 51.4 Å². The van der Waals surface area contributed by atoms with Crippen LogP contribution in [0.15, 0.2) is 42.5 Å². The SMILES string of the molecule is CCNCC(C(=O)N1CCN(c2ccc(C(F)(F)F)cc2CCC(C)C)CC1)C(C)c1ccc(Cl)cc1. The molecule has 1 amide bonds. The molecule has 4 nitrogen and oxygen atoms in total. The van der Waals surface area contributed by atoms with E-state index in [0.29, 0.717) is 50.1 Å². The van der Waals surface area contributed by atoms with Crippen LogP contribution in [-0.2, 0) is 17.4 Å². The lowest BCUT2D eigenvalue weighted by Gasteiger charge is -2.39. The number of anilines is 1. The normalized spacial score (nSPS) is 16.2. The molecule has 2 aromatic carbocycles. The number of carbonyl (C=O) groups is 1. The van der Waals surface area contributed by atoms with Gasteiger partial charge in [0.2, 0.25) is 5.91 Å². The maximum Gasteiger partial charge on any atom is 0.416 e. The predicted octanol–water partition coefficient (Wildman–Crippen LogP) is 6.63. The average Bonchev–Trinajstić information content (AvgIpc) is 2.87. The van der Waals surface area contributed by atoms with Crippen LogP contribution in [0.3, 0.4) is 0 Å². The Labute approximate surface area is 224 Å². The van der Waals surface area contributed by atoms with E-state index in [4.69, 9.17) is 11.6 Å². The van der Waals surface area contributed by atoms with Crippen molar-refractivity contribution < 1.29 is 18.0 Å². The molecular formula is C29H39ClF3N3O. The van der Waals surface area contributed by atoms with Gasteiger partial charge < -0.3 is 15.1 Å². The van der Waals surface area contributed by atoms with Crippen molar-refractivity contribution in [3.05, 3.63) is 64.2 Å². The summed E-state index contributed by atoms with van der Waals surface area (Å²) in [6, 6.07) is 11.7. The van der Waals surface area contributed by atoms with Crippen molar-refractivity contribution in [3.8, 4) is 0 Å².